The van der Waals surface area contributed by atoms with Crippen molar-refractivity contribution in [2.45, 2.75) is 39.7 Å². The minimum atomic E-state index is -0.601. The van der Waals surface area contributed by atoms with E-state index in [2.05, 4.69) is 10.6 Å². The van der Waals surface area contributed by atoms with E-state index in [0.717, 1.165) is 12.8 Å². The van der Waals surface area contributed by atoms with Crippen molar-refractivity contribution >= 4 is 23.7 Å². The first-order chi connectivity index (χ1) is 11.5. The molecular formula is C17H24N2O5. The fourth-order valence-electron chi connectivity index (χ4n) is 2.01. The molecule has 0 aliphatic rings. The number of ether oxygens (including phenoxy) is 2. The Labute approximate surface area is 141 Å². The molecule has 0 aromatic heterocycles. The number of rotatable bonds is 8. The lowest BCUT2D eigenvalue weighted by Gasteiger charge is -2.12. The lowest BCUT2D eigenvalue weighted by atomic mass is 10.2. The van der Waals surface area contributed by atoms with Gasteiger partial charge >= 0.3 is 12.1 Å². The fraction of sp³-hybridized carbons (Fsp3) is 0.471. The van der Waals surface area contributed by atoms with E-state index in [-0.39, 0.29) is 25.2 Å². The van der Waals surface area contributed by atoms with Crippen LogP contribution in [0.15, 0.2) is 24.3 Å². The molecule has 7 nitrogen and oxygen atoms in total. The van der Waals surface area contributed by atoms with Gasteiger partial charge in [-0.25, -0.2) is 9.59 Å². The zero-order valence-corrected chi connectivity index (χ0v) is 14.3. The first-order valence-electron chi connectivity index (χ1n) is 7.96. The highest BCUT2D eigenvalue weighted by molar-refractivity contribution is 5.92. The SMILES string of the molecule is CCCC(C)NC(=O)COC(=O)c1ccc(NC(=O)OCC)cc1. The monoisotopic (exact) mass is 336 g/mol. The molecule has 2 amide bonds. The maximum Gasteiger partial charge on any atom is 0.411 e. The lowest BCUT2D eigenvalue weighted by molar-refractivity contribution is -0.124. The second-order valence-corrected chi connectivity index (χ2v) is 5.26. The molecule has 0 saturated heterocycles. The Hall–Kier alpha value is -2.57. The highest BCUT2D eigenvalue weighted by Crippen LogP contribution is 2.11. The largest absolute Gasteiger partial charge is 0.452 e. The number of carbonyl (C=O) groups excluding carboxylic acids is 3. The Morgan fingerprint density at radius 2 is 1.75 bits per heavy atom. The summed E-state index contributed by atoms with van der Waals surface area (Å²) in [6.45, 7) is 5.59. The molecule has 1 aromatic rings. The molecule has 0 fully saturated rings. The highest BCUT2D eigenvalue weighted by atomic mass is 16.5. The van der Waals surface area contributed by atoms with Crippen LogP contribution in [0.4, 0.5) is 10.5 Å². The van der Waals surface area contributed by atoms with Gasteiger partial charge in [0.05, 0.1) is 12.2 Å². The summed E-state index contributed by atoms with van der Waals surface area (Å²) in [6, 6.07) is 6.16. The molecule has 132 valence electrons. The molecular weight excluding hydrogens is 312 g/mol. The van der Waals surface area contributed by atoms with Gasteiger partial charge < -0.3 is 14.8 Å². The van der Waals surface area contributed by atoms with E-state index in [1.807, 2.05) is 13.8 Å². The van der Waals surface area contributed by atoms with Crippen LogP contribution in [0.2, 0.25) is 0 Å². The zero-order chi connectivity index (χ0) is 17.9. The number of hydrogen-bond acceptors (Lipinski definition) is 5. The Bertz CT molecular complexity index is 557. The van der Waals surface area contributed by atoms with Crippen LogP contribution in [0.3, 0.4) is 0 Å². The summed E-state index contributed by atoms with van der Waals surface area (Å²) in [4.78, 5) is 34.8. The van der Waals surface area contributed by atoms with Gasteiger partial charge in [0.2, 0.25) is 0 Å². The number of benzene rings is 1. The smallest absolute Gasteiger partial charge is 0.411 e. The Morgan fingerprint density at radius 3 is 2.33 bits per heavy atom. The third-order valence-electron chi connectivity index (χ3n) is 3.11. The van der Waals surface area contributed by atoms with Crippen molar-refractivity contribution < 1.29 is 23.9 Å². The maximum absolute atomic E-state index is 11.9. The van der Waals surface area contributed by atoms with E-state index >= 15 is 0 Å². The first-order valence-corrected chi connectivity index (χ1v) is 7.96. The average molecular weight is 336 g/mol. The number of amides is 2. The van der Waals surface area contributed by atoms with Crippen LogP contribution in [0.1, 0.15) is 44.0 Å². The van der Waals surface area contributed by atoms with Gasteiger partial charge in [0.15, 0.2) is 6.61 Å². The predicted octanol–water partition coefficient (Wildman–Crippen LogP) is 2.72. The third kappa shape index (κ3) is 7.13. The van der Waals surface area contributed by atoms with E-state index in [1.165, 1.54) is 12.1 Å². The normalized spacial score (nSPS) is 11.3. The molecule has 0 bridgehead atoms. The van der Waals surface area contributed by atoms with Crippen LogP contribution >= 0.6 is 0 Å². The van der Waals surface area contributed by atoms with Crippen molar-refractivity contribution in [2.24, 2.45) is 0 Å². The molecule has 1 unspecified atom stereocenters. The van der Waals surface area contributed by atoms with Crippen LogP contribution in [0, 0.1) is 0 Å². The van der Waals surface area contributed by atoms with Crippen molar-refractivity contribution in [1.29, 1.82) is 0 Å². The van der Waals surface area contributed by atoms with Crippen molar-refractivity contribution in [3.8, 4) is 0 Å². The Kier molecular flexibility index (Phi) is 8.32. The maximum atomic E-state index is 11.9. The van der Waals surface area contributed by atoms with Crippen molar-refractivity contribution in [2.75, 3.05) is 18.5 Å². The minimum Gasteiger partial charge on any atom is -0.452 e. The molecule has 2 N–H and O–H groups in total. The van der Waals surface area contributed by atoms with E-state index in [4.69, 9.17) is 9.47 Å². The van der Waals surface area contributed by atoms with Gasteiger partial charge in [0.25, 0.3) is 5.91 Å². The number of carbonyl (C=O) groups is 3. The van der Waals surface area contributed by atoms with E-state index in [9.17, 15) is 14.4 Å². The predicted molar refractivity (Wildman–Crippen MR) is 89.9 cm³/mol. The molecule has 7 heteroatoms. The summed E-state index contributed by atoms with van der Waals surface area (Å²) < 4.78 is 9.72. The summed E-state index contributed by atoms with van der Waals surface area (Å²) in [6.07, 6.45) is 1.27. The zero-order valence-electron chi connectivity index (χ0n) is 14.3. The standard InChI is InChI=1S/C17H24N2O5/c1-4-6-12(3)18-15(20)11-24-16(21)13-7-9-14(10-8-13)19-17(22)23-5-2/h7-10,12H,4-6,11H2,1-3H3,(H,18,20)(H,19,22). The molecule has 1 rings (SSSR count). The fourth-order valence-corrected chi connectivity index (χ4v) is 2.01. The Morgan fingerprint density at radius 1 is 1.08 bits per heavy atom. The van der Waals surface area contributed by atoms with Gasteiger partial charge in [0.1, 0.15) is 0 Å². The van der Waals surface area contributed by atoms with Gasteiger partial charge in [0, 0.05) is 11.7 Å². The van der Waals surface area contributed by atoms with Crippen molar-refractivity contribution in [3.63, 3.8) is 0 Å². The highest BCUT2D eigenvalue weighted by Gasteiger charge is 2.12. The molecule has 1 atom stereocenters. The van der Waals surface area contributed by atoms with Crippen molar-refractivity contribution in [1.82, 2.24) is 5.32 Å². The second-order valence-electron chi connectivity index (χ2n) is 5.26. The van der Waals surface area contributed by atoms with Crippen LogP contribution in [-0.2, 0) is 14.3 Å². The second kappa shape index (κ2) is 10.3. The first kappa shape index (κ1) is 19.5. The quantitative estimate of drug-likeness (QED) is 0.712. The lowest BCUT2D eigenvalue weighted by Crippen LogP contribution is -2.35. The molecule has 0 saturated carbocycles. The molecule has 24 heavy (non-hydrogen) atoms. The molecule has 0 heterocycles. The van der Waals surface area contributed by atoms with Gasteiger partial charge in [-0.05, 0) is 44.5 Å². The van der Waals surface area contributed by atoms with Gasteiger partial charge in [-0.15, -0.1) is 0 Å². The topological polar surface area (TPSA) is 93.7 Å². The number of hydrogen-bond donors (Lipinski definition) is 2. The molecule has 0 aliphatic heterocycles. The summed E-state index contributed by atoms with van der Waals surface area (Å²) >= 11 is 0. The van der Waals surface area contributed by atoms with Gasteiger partial charge in [-0.3, -0.25) is 10.1 Å². The number of esters is 1. The summed E-state index contributed by atoms with van der Waals surface area (Å²) in [5, 5.41) is 5.27. The summed E-state index contributed by atoms with van der Waals surface area (Å²) in [5.41, 5.74) is 0.787. The van der Waals surface area contributed by atoms with Gasteiger partial charge in [-0.1, -0.05) is 13.3 Å². The van der Waals surface area contributed by atoms with Gasteiger partial charge in [-0.2, -0.15) is 0 Å². The van der Waals surface area contributed by atoms with Crippen LogP contribution < -0.4 is 10.6 Å². The molecule has 0 radical (unpaired) electrons. The van der Waals surface area contributed by atoms with Crippen molar-refractivity contribution in [3.05, 3.63) is 29.8 Å². The average Bonchev–Trinajstić information content (AvgIpc) is 2.53. The Balaban J connectivity index is 2.45. The van der Waals surface area contributed by atoms with Crippen LogP contribution in [-0.4, -0.2) is 37.2 Å². The summed E-state index contributed by atoms with van der Waals surface area (Å²) in [5.74, 6) is -0.930. The van der Waals surface area contributed by atoms with E-state index < -0.39 is 12.1 Å². The number of anilines is 1. The van der Waals surface area contributed by atoms with E-state index in [1.54, 1.807) is 19.1 Å². The number of nitrogens with one attached hydrogen (secondary N) is 2. The minimum absolute atomic E-state index is 0.0504. The third-order valence-corrected chi connectivity index (χ3v) is 3.11. The van der Waals surface area contributed by atoms with E-state index in [0.29, 0.717) is 11.3 Å². The van der Waals surface area contributed by atoms with Crippen LogP contribution in [0.25, 0.3) is 0 Å². The van der Waals surface area contributed by atoms with Crippen LogP contribution in [0.5, 0.6) is 0 Å². The summed E-state index contributed by atoms with van der Waals surface area (Å²) in [7, 11) is 0. The molecule has 0 aliphatic carbocycles. The molecule has 1 aromatic carbocycles. The molecule has 0 spiro atoms.